The van der Waals surface area contributed by atoms with Gasteiger partial charge < -0.3 is 10.8 Å². The molecule has 1 atom stereocenters. The van der Waals surface area contributed by atoms with Gasteiger partial charge in [0.15, 0.2) is 5.50 Å². The van der Waals surface area contributed by atoms with Crippen molar-refractivity contribution >= 4 is 23.6 Å². The molecule has 0 bridgehead atoms. The number of aromatic carboxylic acids is 1. The average Bonchev–Trinajstić information content (AvgIpc) is 2.36. The van der Waals surface area contributed by atoms with Gasteiger partial charge in [-0.1, -0.05) is 26.0 Å². The van der Waals surface area contributed by atoms with Crippen molar-refractivity contribution in [2.75, 3.05) is 6.26 Å². The molecular formula is C13H16FNO3S. The van der Waals surface area contributed by atoms with Crippen molar-refractivity contribution in [1.29, 1.82) is 0 Å². The number of amides is 1. The lowest BCUT2D eigenvalue weighted by atomic mass is 9.81. The normalized spacial score (nSPS) is 13.1. The van der Waals surface area contributed by atoms with Crippen molar-refractivity contribution in [3.8, 4) is 0 Å². The number of carbonyl (C=O) groups excluding carboxylic acids is 1. The first-order valence-electron chi connectivity index (χ1n) is 5.57. The molecule has 0 aromatic heterocycles. The minimum absolute atomic E-state index is 0.128. The Hall–Kier alpha value is -1.56. The van der Waals surface area contributed by atoms with E-state index in [0.717, 1.165) is 11.8 Å². The van der Waals surface area contributed by atoms with Crippen molar-refractivity contribution in [3.05, 3.63) is 34.9 Å². The SMILES string of the molecule is CSC(F)C(C)(C)c1cccc(C(=O)O)c1C(N)=O. The van der Waals surface area contributed by atoms with Gasteiger partial charge in [0.1, 0.15) is 0 Å². The van der Waals surface area contributed by atoms with Crippen LogP contribution in [-0.4, -0.2) is 28.7 Å². The van der Waals surface area contributed by atoms with Crippen LogP contribution in [0.1, 0.15) is 40.1 Å². The third-order valence-electron chi connectivity index (χ3n) is 3.01. The van der Waals surface area contributed by atoms with E-state index in [0.29, 0.717) is 5.56 Å². The molecule has 0 saturated heterocycles. The molecule has 0 aliphatic carbocycles. The number of rotatable bonds is 5. The summed E-state index contributed by atoms with van der Waals surface area (Å²) in [5.41, 5.74) is 2.94. The first-order chi connectivity index (χ1) is 8.73. The third-order valence-corrected chi connectivity index (χ3v) is 4.01. The summed E-state index contributed by atoms with van der Waals surface area (Å²) < 4.78 is 14.0. The zero-order valence-electron chi connectivity index (χ0n) is 10.9. The van der Waals surface area contributed by atoms with Gasteiger partial charge in [-0.05, 0) is 17.9 Å². The highest BCUT2D eigenvalue weighted by Crippen LogP contribution is 2.37. The number of carboxylic acids is 1. The van der Waals surface area contributed by atoms with Gasteiger partial charge in [-0.15, -0.1) is 11.8 Å². The maximum Gasteiger partial charge on any atom is 0.336 e. The maximum atomic E-state index is 14.0. The van der Waals surface area contributed by atoms with E-state index in [1.54, 1.807) is 20.1 Å². The van der Waals surface area contributed by atoms with Crippen LogP contribution in [-0.2, 0) is 5.41 Å². The molecule has 1 aromatic rings. The highest BCUT2D eigenvalue weighted by molar-refractivity contribution is 7.99. The number of benzene rings is 1. The summed E-state index contributed by atoms with van der Waals surface area (Å²) in [7, 11) is 0. The van der Waals surface area contributed by atoms with Crippen LogP contribution in [0, 0.1) is 0 Å². The lowest BCUT2D eigenvalue weighted by molar-refractivity contribution is 0.0691. The van der Waals surface area contributed by atoms with Gasteiger partial charge in [-0.2, -0.15) is 0 Å². The standard InChI is InChI=1S/C13H16FNO3S/c1-13(2,12(14)19-3)8-6-4-5-7(11(17)18)9(8)10(15)16/h4-6,12H,1-3H3,(H2,15,16)(H,17,18). The summed E-state index contributed by atoms with van der Waals surface area (Å²) in [6.45, 7) is 3.23. The fourth-order valence-corrected chi connectivity index (χ4v) is 2.67. The Kier molecular flexibility index (Phi) is 4.57. The number of halogens is 1. The van der Waals surface area contributed by atoms with Crippen molar-refractivity contribution in [1.82, 2.24) is 0 Å². The zero-order chi connectivity index (χ0) is 14.8. The number of alkyl halides is 1. The van der Waals surface area contributed by atoms with Crippen molar-refractivity contribution in [2.24, 2.45) is 5.73 Å². The molecule has 1 aromatic carbocycles. The van der Waals surface area contributed by atoms with E-state index in [4.69, 9.17) is 10.8 Å². The second kappa shape index (κ2) is 5.61. The Morgan fingerprint density at radius 1 is 1.42 bits per heavy atom. The molecule has 104 valence electrons. The average molecular weight is 285 g/mol. The molecule has 3 N–H and O–H groups in total. The van der Waals surface area contributed by atoms with E-state index in [9.17, 15) is 14.0 Å². The van der Waals surface area contributed by atoms with Crippen LogP contribution < -0.4 is 5.73 Å². The topological polar surface area (TPSA) is 80.4 Å². The highest BCUT2D eigenvalue weighted by Gasteiger charge is 2.35. The molecule has 6 heteroatoms. The molecule has 1 rings (SSSR count). The number of nitrogens with two attached hydrogens (primary N) is 1. The largest absolute Gasteiger partial charge is 0.478 e. The maximum absolute atomic E-state index is 14.0. The van der Waals surface area contributed by atoms with E-state index in [1.807, 2.05) is 0 Å². The molecule has 0 fully saturated rings. The van der Waals surface area contributed by atoms with Gasteiger partial charge in [0.2, 0.25) is 5.91 Å². The number of carboxylic acid groups (broad SMARTS) is 1. The summed E-state index contributed by atoms with van der Waals surface area (Å²) in [5.74, 6) is -2.12. The molecule has 0 radical (unpaired) electrons. The van der Waals surface area contributed by atoms with Gasteiger partial charge in [0.25, 0.3) is 0 Å². The molecule has 0 aliphatic rings. The van der Waals surface area contributed by atoms with E-state index in [2.05, 4.69) is 0 Å². The van der Waals surface area contributed by atoms with E-state index >= 15 is 0 Å². The van der Waals surface area contributed by atoms with Crippen molar-refractivity contribution < 1.29 is 19.1 Å². The Morgan fingerprint density at radius 2 is 2.00 bits per heavy atom. The predicted molar refractivity (Wildman–Crippen MR) is 73.4 cm³/mol. The minimum atomic E-state index is -1.28. The van der Waals surface area contributed by atoms with Crippen LogP contribution in [0.15, 0.2) is 18.2 Å². The highest BCUT2D eigenvalue weighted by atomic mass is 32.2. The predicted octanol–water partition coefficient (Wildman–Crippen LogP) is 2.42. The number of thioether (sulfide) groups is 1. The summed E-state index contributed by atoms with van der Waals surface area (Å²) >= 11 is 0.995. The van der Waals surface area contributed by atoms with Crippen LogP contribution >= 0.6 is 11.8 Å². The summed E-state index contributed by atoms with van der Waals surface area (Å²) in [4.78, 5) is 22.7. The molecule has 0 saturated carbocycles. The molecule has 19 heavy (non-hydrogen) atoms. The first kappa shape index (κ1) is 15.5. The number of hydrogen-bond acceptors (Lipinski definition) is 3. The number of carbonyl (C=O) groups is 2. The lowest BCUT2D eigenvalue weighted by Crippen LogP contribution is -2.32. The Morgan fingerprint density at radius 3 is 2.42 bits per heavy atom. The summed E-state index contributed by atoms with van der Waals surface area (Å²) in [6, 6.07) is 4.31. The fourth-order valence-electron chi connectivity index (χ4n) is 1.95. The molecule has 0 aliphatic heterocycles. The van der Waals surface area contributed by atoms with Crippen LogP contribution in [0.5, 0.6) is 0 Å². The van der Waals surface area contributed by atoms with Crippen LogP contribution in [0.4, 0.5) is 4.39 Å². The monoisotopic (exact) mass is 285 g/mol. The van der Waals surface area contributed by atoms with E-state index in [-0.39, 0.29) is 11.1 Å². The number of primary amides is 1. The molecule has 1 amide bonds. The quantitative estimate of drug-likeness (QED) is 0.870. The third kappa shape index (κ3) is 2.89. The van der Waals surface area contributed by atoms with Gasteiger partial charge in [-0.25, -0.2) is 9.18 Å². The van der Waals surface area contributed by atoms with Gasteiger partial charge in [0, 0.05) is 5.41 Å². The van der Waals surface area contributed by atoms with Crippen molar-refractivity contribution in [2.45, 2.75) is 24.8 Å². The summed E-state index contributed by atoms with van der Waals surface area (Å²) in [6.07, 6.45) is 1.61. The first-order valence-corrected chi connectivity index (χ1v) is 6.85. The molecular weight excluding hydrogens is 269 g/mol. The Bertz CT molecular complexity index is 517. The summed E-state index contributed by atoms with van der Waals surface area (Å²) in [5, 5.41) is 9.09. The van der Waals surface area contributed by atoms with E-state index < -0.39 is 22.8 Å². The van der Waals surface area contributed by atoms with Gasteiger partial charge in [0.05, 0.1) is 11.1 Å². The Balaban J connectivity index is 3.56. The Labute approximate surface area is 115 Å². The lowest BCUT2D eigenvalue weighted by Gasteiger charge is -2.30. The number of hydrogen-bond donors (Lipinski definition) is 2. The second-order valence-corrected chi connectivity index (χ2v) is 5.56. The fraction of sp³-hybridized carbons (Fsp3) is 0.385. The molecule has 0 heterocycles. The van der Waals surface area contributed by atoms with Crippen LogP contribution in [0.3, 0.4) is 0 Å². The van der Waals surface area contributed by atoms with Crippen molar-refractivity contribution in [3.63, 3.8) is 0 Å². The smallest absolute Gasteiger partial charge is 0.336 e. The molecule has 1 unspecified atom stereocenters. The molecule has 0 spiro atoms. The minimum Gasteiger partial charge on any atom is -0.478 e. The second-order valence-electron chi connectivity index (χ2n) is 4.67. The van der Waals surface area contributed by atoms with Crippen LogP contribution in [0.25, 0.3) is 0 Å². The van der Waals surface area contributed by atoms with Crippen LogP contribution in [0.2, 0.25) is 0 Å². The van der Waals surface area contributed by atoms with Gasteiger partial charge in [-0.3, -0.25) is 4.79 Å². The van der Waals surface area contributed by atoms with Gasteiger partial charge >= 0.3 is 5.97 Å². The van der Waals surface area contributed by atoms with E-state index in [1.165, 1.54) is 18.2 Å². The zero-order valence-corrected chi connectivity index (χ0v) is 11.8. The molecule has 4 nitrogen and oxygen atoms in total.